The molecule has 94 valence electrons. The van der Waals surface area contributed by atoms with E-state index in [1.807, 2.05) is 0 Å². The fourth-order valence-corrected chi connectivity index (χ4v) is 1.03. The molecule has 0 saturated heterocycles. The van der Waals surface area contributed by atoms with Crippen molar-refractivity contribution in [1.82, 2.24) is 4.98 Å². The minimum absolute atomic E-state index is 0.183. The lowest BCUT2D eigenvalue weighted by atomic mass is 10.4. The number of pyridine rings is 1. The summed E-state index contributed by atoms with van der Waals surface area (Å²) in [6.07, 6.45) is 1.51. The van der Waals surface area contributed by atoms with Gasteiger partial charge in [-0.15, -0.1) is 0 Å². The highest BCUT2D eigenvalue weighted by molar-refractivity contribution is 6.43. The third-order valence-corrected chi connectivity index (χ3v) is 1.82. The van der Waals surface area contributed by atoms with Gasteiger partial charge >= 0.3 is 5.97 Å². The van der Waals surface area contributed by atoms with Crippen LogP contribution in [0.2, 0.25) is 0 Å². The van der Waals surface area contributed by atoms with Gasteiger partial charge in [0.05, 0.1) is 19.4 Å². The molecular weight excluding hydrogens is 236 g/mol. The molecule has 0 fully saturated rings. The summed E-state index contributed by atoms with van der Waals surface area (Å²) in [5.74, 6) is -0.377. The molecule has 1 heterocycles. The average molecular weight is 248 g/mol. The van der Waals surface area contributed by atoms with Crippen LogP contribution in [-0.4, -0.2) is 30.4 Å². The molecule has 1 aromatic rings. The molecule has 0 aliphatic heterocycles. The first-order valence-corrected chi connectivity index (χ1v) is 5.12. The second kappa shape index (κ2) is 6.85. The Labute approximate surface area is 104 Å². The molecule has 0 bridgehead atoms. The predicted molar refractivity (Wildman–Crippen MR) is 64.1 cm³/mol. The SMILES string of the molecule is CCOC(=O)C(C#N)=NNc1ccnc(OC)c1. The Kier molecular flexibility index (Phi) is 5.12. The number of esters is 1. The van der Waals surface area contributed by atoms with Crippen LogP contribution in [0.4, 0.5) is 5.69 Å². The molecule has 1 N–H and O–H groups in total. The molecule has 0 saturated carbocycles. The van der Waals surface area contributed by atoms with Crippen molar-refractivity contribution < 1.29 is 14.3 Å². The average Bonchev–Trinajstić information content (AvgIpc) is 2.40. The van der Waals surface area contributed by atoms with E-state index in [0.717, 1.165) is 0 Å². The molecule has 7 heteroatoms. The van der Waals surface area contributed by atoms with Gasteiger partial charge in [0, 0.05) is 12.3 Å². The first kappa shape index (κ1) is 13.4. The number of carbonyl (C=O) groups is 1. The minimum atomic E-state index is -0.770. The van der Waals surface area contributed by atoms with Crippen molar-refractivity contribution in [2.75, 3.05) is 19.1 Å². The quantitative estimate of drug-likeness (QED) is 0.473. The largest absolute Gasteiger partial charge is 0.481 e. The standard InChI is InChI=1S/C11H12N4O3/c1-3-18-11(16)9(7-12)15-14-8-4-5-13-10(6-8)17-2/h4-6H,3H2,1-2H3,(H,13,14). The van der Waals surface area contributed by atoms with Crippen molar-refractivity contribution in [3.63, 3.8) is 0 Å². The highest BCUT2D eigenvalue weighted by atomic mass is 16.5. The zero-order valence-electron chi connectivity index (χ0n) is 10.0. The van der Waals surface area contributed by atoms with E-state index in [1.54, 1.807) is 25.1 Å². The van der Waals surface area contributed by atoms with Crippen molar-refractivity contribution in [2.24, 2.45) is 5.10 Å². The van der Waals surface area contributed by atoms with Gasteiger partial charge in [0.1, 0.15) is 6.07 Å². The molecule has 0 spiro atoms. The minimum Gasteiger partial charge on any atom is -0.481 e. The topological polar surface area (TPSA) is 96.6 Å². The zero-order chi connectivity index (χ0) is 13.4. The molecule has 0 aromatic carbocycles. The number of anilines is 1. The second-order valence-electron chi connectivity index (χ2n) is 2.99. The van der Waals surface area contributed by atoms with Gasteiger partial charge in [-0.25, -0.2) is 9.78 Å². The summed E-state index contributed by atoms with van der Waals surface area (Å²) in [6.45, 7) is 1.83. The third-order valence-electron chi connectivity index (χ3n) is 1.82. The van der Waals surface area contributed by atoms with Gasteiger partial charge in [-0.05, 0) is 13.0 Å². The van der Waals surface area contributed by atoms with Crippen molar-refractivity contribution in [3.05, 3.63) is 18.3 Å². The number of carbonyl (C=O) groups excluding carboxylic acids is 1. The number of ether oxygens (including phenoxy) is 2. The number of hydrazone groups is 1. The van der Waals surface area contributed by atoms with Crippen LogP contribution >= 0.6 is 0 Å². The van der Waals surface area contributed by atoms with Crippen LogP contribution in [0.1, 0.15) is 6.92 Å². The number of nitrogens with one attached hydrogen (secondary N) is 1. The van der Waals surface area contributed by atoms with Crippen LogP contribution in [0.25, 0.3) is 0 Å². The molecule has 0 amide bonds. The lowest BCUT2D eigenvalue weighted by molar-refractivity contribution is -0.134. The molecule has 1 aromatic heterocycles. The number of nitriles is 1. The lowest BCUT2D eigenvalue weighted by Crippen LogP contribution is -2.17. The second-order valence-corrected chi connectivity index (χ2v) is 2.99. The van der Waals surface area contributed by atoms with Crippen molar-refractivity contribution in [1.29, 1.82) is 5.26 Å². The summed E-state index contributed by atoms with van der Waals surface area (Å²) in [6, 6.07) is 4.84. The fourth-order valence-electron chi connectivity index (χ4n) is 1.03. The van der Waals surface area contributed by atoms with Crippen molar-refractivity contribution in [2.45, 2.75) is 6.92 Å². The van der Waals surface area contributed by atoms with E-state index in [-0.39, 0.29) is 12.3 Å². The Morgan fingerprint density at radius 3 is 3.06 bits per heavy atom. The summed E-state index contributed by atoms with van der Waals surface area (Å²) in [4.78, 5) is 15.2. The van der Waals surface area contributed by atoms with Crippen molar-refractivity contribution >= 4 is 17.4 Å². The summed E-state index contributed by atoms with van der Waals surface area (Å²) in [5, 5.41) is 12.4. The van der Waals surface area contributed by atoms with E-state index in [1.165, 1.54) is 13.3 Å². The van der Waals surface area contributed by atoms with Crippen LogP contribution in [0.5, 0.6) is 5.88 Å². The maximum atomic E-state index is 11.3. The smallest absolute Gasteiger partial charge is 0.369 e. The highest BCUT2D eigenvalue weighted by Crippen LogP contribution is 2.13. The summed E-state index contributed by atoms with van der Waals surface area (Å²) in [7, 11) is 1.48. The molecule has 0 aliphatic rings. The fraction of sp³-hybridized carbons (Fsp3) is 0.273. The van der Waals surface area contributed by atoms with Gasteiger partial charge in [-0.2, -0.15) is 10.4 Å². The number of rotatable bonds is 5. The molecule has 0 unspecified atom stereocenters. The van der Waals surface area contributed by atoms with E-state index >= 15 is 0 Å². The van der Waals surface area contributed by atoms with Crippen LogP contribution in [0, 0.1) is 11.3 Å². The van der Waals surface area contributed by atoms with Gasteiger partial charge in [-0.1, -0.05) is 0 Å². The first-order valence-electron chi connectivity index (χ1n) is 5.12. The van der Waals surface area contributed by atoms with Crippen molar-refractivity contribution in [3.8, 4) is 11.9 Å². The van der Waals surface area contributed by atoms with E-state index in [9.17, 15) is 4.79 Å². The zero-order valence-corrected chi connectivity index (χ0v) is 10.0. The highest BCUT2D eigenvalue weighted by Gasteiger charge is 2.11. The lowest BCUT2D eigenvalue weighted by Gasteiger charge is -2.03. The summed E-state index contributed by atoms with van der Waals surface area (Å²) < 4.78 is 9.58. The Morgan fingerprint density at radius 2 is 2.44 bits per heavy atom. The Bertz CT molecular complexity index is 493. The van der Waals surface area contributed by atoms with Gasteiger partial charge in [0.2, 0.25) is 11.6 Å². The molecule has 0 aliphatic carbocycles. The van der Waals surface area contributed by atoms with Gasteiger partial charge in [-0.3, -0.25) is 5.43 Å². The van der Waals surface area contributed by atoms with Gasteiger partial charge in [0.15, 0.2) is 0 Å². The molecule has 0 radical (unpaired) electrons. The third kappa shape index (κ3) is 3.75. The normalized spacial score (nSPS) is 10.4. The van der Waals surface area contributed by atoms with Gasteiger partial charge in [0.25, 0.3) is 0 Å². The van der Waals surface area contributed by atoms with Crippen LogP contribution in [-0.2, 0) is 9.53 Å². The number of nitrogens with zero attached hydrogens (tertiary/aromatic N) is 3. The van der Waals surface area contributed by atoms with E-state index in [4.69, 9.17) is 10.00 Å². The van der Waals surface area contributed by atoms with E-state index in [2.05, 4.69) is 20.2 Å². The Hall–Kier alpha value is -2.62. The monoisotopic (exact) mass is 248 g/mol. The van der Waals surface area contributed by atoms with Gasteiger partial charge < -0.3 is 9.47 Å². The summed E-state index contributed by atoms with van der Waals surface area (Å²) in [5.41, 5.74) is 2.74. The number of methoxy groups -OCH3 is 1. The Balaban J connectivity index is 2.77. The van der Waals surface area contributed by atoms with E-state index < -0.39 is 5.97 Å². The van der Waals surface area contributed by atoms with E-state index in [0.29, 0.717) is 11.6 Å². The number of hydrogen-bond donors (Lipinski definition) is 1. The molecule has 18 heavy (non-hydrogen) atoms. The van der Waals surface area contributed by atoms with Crippen LogP contribution in [0.3, 0.4) is 0 Å². The number of hydrogen-bond acceptors (Lipinski definition) is 7. The maximum absolute atomic E-state index is 11.3. The maximum Gasteiger partial charge on any atom is 0.369 e. The van der Waals surface area contributed by atoms with Crippen LogP contribution < -0.4 is 10.2 Å². The first-order chi connectivity index (χ1) is 8.71. The molecule has 7 nitrogen and oxygen atoms in total. The Morgan fingerprint density at radius 1 is 1.67 bits per heavy atom. The molecular formula is C11H12N4O3. The molecule has 0 atom stereocenters. The summed E-state index contributed by atoms with van der Waals surface area (Å²) >= 11 is 0. The molecule has 1 rings (SSSR count). The van der Waals surface area contributed by atoms with Crippen LogP contribution in [0.15, 0.2) is 23.4 Å². The predicted octanol–water partition coefficient (Wildman–Crippen LogP) is 0.945. The number of aromatic nitrogens is 1.